The van der Waals surface area contributed by atoms with E-state index in [-0.39, 0.29) is 10.7 Å². The second kappa shape index (κ2) is 6.69. The average Bonchev–Trinajstić information content (AvgIpc) is 2.83. The standard InChI is InChI=1S/C13H8ClF3IN3O/c14-10-5-8(13(15,16)17)1-2-11(10)20-12(22)3-4-21-7-9(18)6-19-21/h1-7H,(H,20,22). The van der Waals surface area contributed by atoms with Crippen LogP contribution >= 0.6 is 34.2 Å². The third kappa shape index (κ3) is 4.47. The molecule has 0 aliphatic rings. The minimum absolute atomic E-state index is 0.0966. The topological polar surface area (TPSA) is 46.9 Å². The van der Waals surface area contributed by atoms with Crippen LogP contribution in [0.15, 0.2) is 36.7 Å². The summed E-state index contributed by atoms with van der Waals surface area (Å²) in [5.74, 6) is -0.535. The minimum atomic E-state index is -4.48. The Labute approximate surface area is 142 Å². The summed E-state index contributed by atoms with van der Waals surface area (Å²) in [4.78, 5) is 11.7. The maximum Gasteiger partial charge on any atom is 0.416 e. The predicted octanol–water partition coefficient (Wildman–Crippen LogP) is 4.27. The number of aromatic nitrogens is 2. The first-order chi connectivity index (χ1) is 10.3. The molecule has 1 aromatic carbocycles. The number of nitrogens with zero attached hydrogens (tertiary/aromatic N) is 2. The number of hydrogen-bond acceptors (Lipinski definition) is 2. The maximum atomic E-state index is 12.5. The summed E-state index contributed by atoms with van der Waals surface area (Å²) >= 11 is 7.81. The highest BCUT2D eigenvalue weighted by Crippen LogP contribution is 2.33. The fraction of sp³-hybridized carbons (Fsp3) is 0.0769. The Bertz CT molecular complexity index is 728. The molecule has 0 saturated carbocycles. The van der Waals surface area contributed by atoms with Crippen molar-refractivity contribution in [1.29, 1.82) is 0 Å². The quantitative estimate of drug-likeness (QED) is 0.571. The van der Waals surface area contributed by atoms with E-state index in [2.05, 4.69) is 33.0 Å². The van der Waals surface area contributed by atoms with Crippen LogP contribution < -0.4 is 5.32 Å². The van der Waals surface area contributed by atoms with Crippen LogP contribution in [0, 0.1) is 3.57 Å². The van der Waals surface area contributed by atoms with Gasteiger partial charge in [0.05, 0.1) is 26.0 Å². The zero-order valence-corrected chi connectivity index (χ0v) is 13.6. The molecule has 0 radical (unpaired) electrons. The van der Waals surface area contributed by atoms with Crippen molar-refractivity contribution >= 4 is 52.0 Å². The molecule has 0 bridgehead atoms. The first-order valence-corrected chi connectivity index (χ1v) is 7.27. The molecular formula is C13H8ClF3IN3O. The van der Waals surface area contributed by atoms with E-state index < -0.39 is 17.6 Å². The Hall–Kier alpha value is -1.55. The van der Waals surface area contributed by atoms with Crippen molar-refractivity contribution in [2.24, 2.45) is 0 Å². The van der Waals surface area contributed by atoms with Gasteiger partial charge in [0.1, 0.15) is 0 Å². The highest BCUT2D eigenvalue weighted by molar-refractivity contribution is 14.1. The SMILES string of the molecule is O=C(C=Cn1cc(I)cn1)Nc1ccc(C(F)(F)F)cc1Cl. The second-order valence-corrected chi connectivity index (χ2v) is 5.79. The van der Waals surface area contributed by atoms with Crippen molar-refractivity contribution < 1.29 is 18.0 Å². The van der Waals surface area contributed by atoms with Gasteiger partial charge in [0.25, 0.3) is 0 Å². The normalized spacial score (nSPS) is 11.9. The summed E-state index contributed by atoms with van der Waals surface area (Å²) in [7, 11) is 0. The number of carbonyl (C=O) groups excluding carboxylic acids is 1. The van der Waals surface area contributed by atoms with Crippen molar-refractivity contribution in [2.75, 3.05) is 5.32 Å². The average molecular weight is 442 g/mol. The van der Waals surface area contributed by atoms with Gasteiger partial charge in [-0.05, 0) is 40.8 Å². The van der Waals surface area contributed by atoms with Gasteiger partial charge >= 0.3 is 6.18 Å². The number of rotatable bonds is 3. The molecule has 0 spiro atoms. The first-order valence-electron chi connectivity index (χ1n) is 5.81. The zero-order chi connectivity index (χ0) is 16.3. The minimum Gasteiger partial charge on any atom is -0.321 e. The lowest BCUT2D eigenvalue weighted by Crippen LogP contribution is -2.10. The summed E-state index contributed by atoms with van der Waals surface area (Å²) in [5.41, 5.74) is -0.781. The lowest BCUT2D eigenvalue weighted by atomic mass is 10.2. The molecule has 1 amide bonds. The lowest BCUT2D eigenvalue weighted by Gasteiger charge is -2.10. The molecule has 0 unspecified atom stereocenters. The molecule has 116 valence electrons. The Balaban J connectivity index is 2.07. The molecule has 4 nitrogen and oxygen atoms in total. The molecule has 0 aliphatic carbocycles. The van der Waals surface area contributed by atoms with Crippen molar-refractivity contribution in [2.45, 2.75) is 6.18 Å². The Kier molecular flexibility index (Phi) is 5.12. The van der Waals surface area contributed by atoms with Crippen LogP contribution in [0.2, 0.25) is 5.02 Å². The van der Waals surface area contributed by atoms with Crippen molar-refractivity contribution in [3.05, 3.63) is 50.8 Å². The van der Waals surface area contributed by atoms with Gasteiger partial charge in [-0.15, -0.1) is 0 Å². The number of alkyl halides is 3. The summed E-state index contributed by atoms with van der Waals surface area (Å²) in [6, 6.07) is 2.71. The molecule has 0 aliphatic heterocycles. The number of hydrogen-bond donors (Lipinski definition) is 1. The monoisotopic (exact) mass is 441 g/mol. The van der Waals surface area contributed by atoms with Crippen LogP contribution in [0.1, 0.15) is 5.56 Å². The highest BCUT2D eigenvalue weighted by atomic mass is 127. The third-order valence-corrected chi connectivity index (χ3v) is 3.37. The number of anilines is 1. The van der Waals surface area contributed by atoms with E-state index in [1.807, 2.05) is 0 Å². The number of nitrogens with one attached hydrogen (secondary N) is 1. The van der Waals surface area contributed by atoms with Crippen LogP contribution in [0.4, 0.5) is 18.9 Å². The van der Waals surface area contributed by atoms with Gasteiger partial charge < -0.3 is 5.32 Å². The van der Waals surface area contributed by atoms with Gasteiger partial charge in [-0.25, -0.2) is 4.68 Å². The molecule has 0 saturated heterocycles. The molecule has 2 rings (SSSR count). The van der Waals surface area contributed by atoms with E-state index in [1.54, 1.807) is 12.4 Å². The van der Waals surface area contributed by atoms with Gasteiger partial charge in [-0.1, -0.05) is 11.6 Å². The second-order valence-electron chi connectivity index (χ2n) is 4.14. The number of benzene rings is 1. The van der Waals surface area contributed by atoms with Crippen LogP contribution in [0.25, 0.3) is 6.20 Å². The van der Waals surface area contributed by atoms with Crippen molar-refractivity contribution in [3.63, 3.8) is 0 Å². The molecule has 1 aromatic heterocycles. The smallest absolute Gasteiger partial charge is 0.321 e. The first kappa shape index (κ1) is 16.8. The Morgan fingerprint density at radius 2 is 2.14 bits per heavy atom. The van der Waals surface area contributed by atoms with Gasteiger partial charge in [-0.2, -0.15) is 18.3 Å². The van der Waals surface area contributed by atoms with Crippen LogP contribution in [-0.4, -0.2) is 15.7 Å². The number of carbonyl (C=O) groups is 1. The summed E-state index contributed by atoms with van der Waals surface area (Å²) in [6.45, 7) is 0. The number of amides is 1. The summed E-state index contributed by atoms with van der Waals surface area (Å²) < 4.78 is 39.8. The lowest BCUT2D eigenvalue weighted by molar-refractivity contribution is -0.137. The van der Waals surface area contributed by atoms with Crippen molar-refractivity contribution in [1.82, 2.24) is 9.78 Å². The molecular weight excluding hydrogens is 434 g/mol. The van der Waals surface area contributed by atoms with Crippen LogP contribution in [-0.2, 0) is 11.0 Å². The third-order valence-electron chi connectivity index (χ3n) is 2.50. The predicted molar refractivity (Wildman–Crippen MR) is 85.4 cm³/mol. The summed E-state index contributed by atoms with van der Waals surface area (Å²) in [5, 5.41) is 6.15. The maximum absolute atomic E-state index is 12.5. The summed E-state index contributed by atoms with van der Waals surface area (Å²) in [6.07, 6.45) is 1.42. The number of halogens is 5. The van der Waals surface area contributed by atoms with E-state index in [9.17, 15) is 18.0 Å². The molecule has 9 heteroatoms. The molecule has 1 heterocycles. The van der Waals surface area contributed by atoms with Gasteiger partial charge in [-0.3, -0.25) is 4.79 Å². The van der Waals surface area contributed by atoms with Crippen LogP contribution in [0.3, 0.4) is 0 Å². The van der Waals surface area contributed by atoms with E-state index in [0.717, 1.165) is 21.8 Å². The van der Waals surface area contributed by atoms with E-state index in [1.165, 1.54) is 17.0 Å². The highest BCUT2D eigenvalue weighted by Gasteiger charge is 2.30. The van der Waals surface area contributed by atoms with E-state index in [4.69, 9.17) is 11.6 Å². The van der Waals surface area contributed by atoms with Crippen molar-refractivity contribution in [3.8, 4) is 0 Å². The Morgan fingerprint density at radius 1 is 1.41 bits per heavy atom. The Morgan fingerprint density at radius 3 is 2.68 bits per heavy atom. The van der Waals surface area contributed by atoms with E-state index in [0.29, 0.717) is 0 Å². The zero-order valence-electron chi connectivity index (χ0n) is 10.7. The molecule has 22 heavy (non-hydrogen) atoms. The molecule has 2 aromatic rings. The van der Waals surface area contributed by atoms with Gasteiger partial charge in [0.2, 0.25) is 5.91 Å². The fourth-order valence-electron chi connectivity index (χ4n) is 1.51. The van der Waals surface area contributed by atoms with Gasteiger partial charge in [0.15, 0.2) is 0 Å². The fourth-order valence-corrected chi connectivity index (χ4v) is 2.15. The molecule has 0 atom stereocenters. The van der Waals surface area contributed by atoms with Crippen LogP contribution in [0.5, 0.6) is 0 Å². The van der Waals surface area contributed by atoms with Gasteiger partial charge in [0, 0.05) is 18.5 Å². The molecule has 0 fully saturated rings. The largest absolute Gasteiger partial charge is 0.416 e. The van der Waals surface area contributed by atoms with E-state index >= 15 is 0 Å². The molecule has 1 N–H and O–H groups in total.